The minimum Gasteiger partial charge on any atom is -0.339 e. The molecular weight excluding hydrogens is 262 g/mol. The van der Waals surface area contributed by atoms with E-state index in [4.69, 9.17) is 21.9 Å². The van der Waals surface area contributed by atoms with Gasteiger partial charge in [-0.1, -0.05) is 35.0 Å². The first-order valence-corrected chi connectivity index (χ1v) is 6.91. The summed E-state index contributed by atoms with van der Waals surface area (Å²) in [6.07, 6.45) is 3.61. The van der Waals surface area contributed by atoms with Gasteiger partial charge in [0.05, 0.1) is 0 Å². The molecule has 5 heteroatoms. The zero-order valence-electron chi connectivity index (χ0n) is 10.6. The van der Waals surface area contributed by atoms with E-state index in [9.17, 15) is 0 Å². The lowest BCUT2D eigenvalue weighted by atomic mass is 10.1. The Bertz CT molecular complexity index is 569. The molecule has 0 unspecified atom stereocenters. The van der Waals surface area contributed by atoms with Gasteiger partial charge in [0.25, 0.3) is 0 Å². The second kappa shape index (κ2) is 5.31. The number of nitrogens with two attached hydrogens (primary N) is 1. The van der Waals surface area contributed by atoms with Crippen LogP contribution < -0.4 is 5.73 Å². The monoisotopic (exact) mass is 277 g/mol. The van der Waals surface area contributed by atoms with E-state index in [1.807, 2.05) is 24.3 Å². The summed E-state index contributed by atoms with van der Waals surface area (Å²) in [5.74, 6) is 1.72. The Morgan fingerprint density at radius 2 is 2.16 bits per heavy atom. The van der Waals surface area contributed by atoms with E-state index in [2.05, 4.69) is 10.1 Å². The molecule has 0 radical (unpaired) electrons. The van der Waals surface area contributed by atoms with Gasteiger partial charge in [-0.05, 0) is 30.9 Å². The lowest BCUT2D eigenvalue weighted by Gasteiger charge is -2.01. The zero-order valence-corrected chi connectivity index (χ0v) is 11.3. The Hall–Kier alpha value is -1.39. The predicted molar refractivity (Wildman–Crippen MR) is 73.1 cm³/mol. The van der Waals surface area contributed by atoms with Gasteiger partial charge in [0, 0.05) is 23.4 Å². The summed E-state index contributed by atoms with van der Waals surface area (Å²) in [6.45, 7) is 0. The van der Waals surface area contributed by atoms with Crippen LogP contribution in [0.25, 0.3) is 0 Å². The SMILES string of the molecule is N[C@H]1CC[C@@H](c2nc(Cc3ccccc3Cl)no2)C1. The maximum Gasteiger partial charge on any atom is 0.229 e. The minimum atomic E-state index is 0.268. The summed E-state index contributed by atoms with van der Waals surface area (Å²) in [5, 5.41) is 4.77. The summed E-state index contributed by atoms with van der Waals surface area (Å²) < 4.78 is 5.35. The van der Waals surface area contributed by atoms with Crippen molar-refractivity contribution in [2.75, 3.05) is 0 Å². The van der Waals surface area contributed by atoms with Crippen molar-refractivity contribution in [1.29, 1.82) is 0 Å². The van der Waals surface area contributed by atoms with Crippen LogP contribution >= 0.6 is 11.6 Å². The summed E-state index contributed by atoms with van der Waals surface area (Å²) in [7, 11) is 0. The smallest absolute Gasteiger partial charge is 0.229 e. The third-order valence-corrected chi connectivity index (χ3v) is 3.98. The molecule has 2 aromatic rings. The van der Waals surface area contributed by atoms with Gasteiger partial charge in [-0.15, -0.1) is 0 Å². The molecule has 1 fully saturated rings. The number of aromatic nitrogens is 2. The van der Waals surface area contributed by atoms with Crippen LogP contribution in [-0.2, 0) is 6.42 Å². The maximum absolute atomic E-state index is 6.12. The molecule has 19 heavy (non-hydrogen) atoms. The molecule has 1 aromatic heterocycles. The Kier molecular flexibility index (Phi) is 3.53. The molecule has 2 atom stereocenters. The molecule has 1 saturated carbocycles. The van der Waals surface area contributed by atoms with Gasteiger partial charge in [0.15, 0.2) is 5.82 Å². The molecule has 100 valence electrons. The van der Waals surface area contributed by atoms with E-state index in [-0.39, 0.29) is 6.04 Å². The molecule has 1 heterocycles. The minimum absolute atomic E-state index is 0.268. The Balaban J connectivity index is 1.73. The van der Waals surface area contributed by atoms with Crippen LogP contribution in [0.1, 0.15) is 42.5 Å². The third kappa shape index (κ3) is 2.80. The van der Waals surface area contributed by atoms with Crippen LogP contribution in [0.3, 0.4) is 0 Å². The molecule has 0 saturated heterocycles. The molecular formula is C14H16ClN3O. The molecule has 1 aromatic carbocycles. The molecule has 0 amide bonds. The molecule has 0 spiro atoms. The fraction of sp³-hybridized carbons (Fsp3) is 0.429. The van der Waals surface area contributed by atoms with Gasteiger partial charge in [-0.3, -0.25) is 0 Å². The number of benzene rings is 1. The van der Waals surface area contributed by atoms with E-state index >= 15 is 0 Å². The molecule has 3 rings (SSSR count). The van der Waals surface area contributed by atoms with Gasteiger partial charge in [0.1, 0.15) is 0 Å². The van der Waals surface area contributed by atoms with Gasteiger partial charge in [0.2, 0.25) is 5.89 Å². The molecule has 4 nitrogen and oxygen atoms in total. The first kappa shape index (κ1) is 12.6. The van der Waals surface area contributed by atoms with Crippen molar-refractivity contribution in [1.82, 2.24) is 10.1 Å². The number of nitrogens with zero attached hydrogens (tertiary/aromatic N) is 2. The van der Waals surface area contributed by atoms with Crippen LogP contribution in [0.15, 0.2) is 28.8 Å². The summed E-state index contributed by atoms with van der Waals surface area (Å²) >= 11 is 6.12. The van der Waals surface area contributed by atoms with Crippen LogP contribution in [0.5, 0.6) is 0 Å². The van der Waals surface area contributed by atoms with E-state index in [1.54, 1.807) is 0 Å². The second-order valence-electron chi connectivity index (χ2n) is 5.09. The normalized spacial score (nSPS) is 22.8. The van der Waals surface area contributed by atoms with Crippen LogP contribution in [-0.4, -0.2) is 16.2 Å². The van der Waals surface area contributed by atoms with Crippen molar-refractivity contribution in [2.45, 2.75) is 37.6 Å². The van der Waals surface area contributed by atoms with Gasteiger partial charge in [-0.25, -0.2) is 0 Å². The topological polar surface area (TPSA) is 64.9 Å². The molecule has 1 aliphatic rings. The zero-order chi connectivity index (χ0) is 13.2. The van der Waals surface area contributed by atoms with Crippen LogP contribution in [0.4, 0.5) is 0 Å². The maximum atomic E-state index is 6.12. The van der Waals surface area contributed by atoms with Crippen molar-refractivity contribution in [3.63, 3.8) is 0 Å². The second-order valence-corrected chi connectivity index (χ2v) is 5.49. The number of hydrogen-bond donors (Lipinski definition) is 1. The van der Waals surface area contributed by atoms with Crippen molar-refractivity contribution in [3.05, 3.63) is 46.6 Å². The molecule has 0 bridgehead atoms. The summed E-state index contributed by atoms with van der Waals surface area (Å²) in [6, 6.07) is 7.98. The van der Waals surface area contributed by atoms with Gasteiger partial charge >= 0.3 is 0 Å². The predicted octanol–water partition coefficient (Wildman–Crippen LogP) is 2.91. The van der Waals surface area contributed by atoms with Crippen molar-refractivity contribution in [3.8, 4) is 0 Å². The van der Waals surface area contributed by atoms with Crippen molar-refractivity contribution >= 4 is 11.6 Å². The number of hydrogen-bond acceptors (Lipinski definition) is 4. The van der Waals surface area contributed by atoms with Gasteiger partial charge in [-0.2, -0.15) is 4.98 Å². The highest BCUT2D eigenvalue weighted by molar-refractivity contribution is 6.31. The Labute approximate surface area is 117 Å². The lowest BCUT2D eigenvalue weighted by Crippen LogP contribution is -2.14. The van der Waals surface area contributed by atoms with Crippen molar-refractivity contribution < 1.29 is 4.52 Å². The molecule has 1 aliphatic carbocycles. The summed E-state index contributed by atoms with van der Waals surface area (Å²) in [5.41, 5.74) is 6.92. The fourth-order valence-electron chi connectivity index (χ4n) is 2.56. The first-order chi connectivity index (χ1) is 9.22. The third-order valence-electron chi connectivity index (χ3n) is 3.61. The highest BCUT2D eigenvalue weighted by Gasteiger charge is 2.27. The van der Waals surface area contributed by atoms with E-state index < -0.39 is 0 Å². The lowest BCUT2D eigenvalue weighted by molar-refractivity contribution is 0.350. The average Bonchev–Trinajstić information content (AvgIpc) is 3.01. The highest BCUT2D eigenvalue weighted by atomic mass is 35.5. The van der Waals surface area contributed by atoms with Crippen LogP contribution in [0, 0.1) is 0 Å². The van der Waals surface area contributed by atoms with E-state index in [0.717, 1.165) is 35.7 Å². The first-order valence-electron chi connectivity index (χ1n) is 6.54. The Morgan fingerprint density at radius 3 is 2.89 bits per heavy atom. The quantitative estimate of drug-likeness (QED) is 0.937. The fourth-order valence-corrected chi connectivity index (χ4v) is 2.76. The number of halogens is 1. The Morgan fingerprint density at radius 1 is 1.32 bits per heavy atom. The highest BCUT2D eigenvalue weighted by Crippen LogP contribution is 2.32. The standard InChI is InChI=1S/C14H16ClN3O/c15-12-4-2-1-3-9(12)8-13-17-14(19-18-13)10-5-6-11(16)7-10/h1-4,10-11H,5-8,16H2/t10-,11+/m1/s1. The number of rotatable bonds is 3. The summed E-state index contributed by atoms with van der Waals surface area (Å²) in [4.78, 5) is 4.47. The van der Waals surface area contributed by atoms with Crippen molar-refractivity contribution in [2.24, 2.45) is 5.73 Å². The van der Waals surface area contributed by atoms with E-state index in [1.165, 1.54) is 0 Å². The average molecular weight is 278 g/mol. The molecule has 2 N–H and O–H groups in total. The molecule has 0 aliphatic heterocycles. The van der Waals surface area contributed by atoms with E-state index in [0.29, 0.717) is 18.2 Å². The van der Waals surface area contributed by atoms with Crippen LogP contribution in [0.2, 0.25) is 5.02 Å². The largest absolute Gasteiger partial charge is 0.339 e. The van der Waals surface area contributed by atoms with Gasteiger partial charge < -0.3 is 10.3 Å².